The van der Waals surface area contributed by atoms with Gasteiger partial charge in [0.1, 0.15) is 5.75 Å². The van der Waals surface area contributed by atoms with Crippen molar-refractivity contribution >= 4 is 34.7 Å². The molecule has 0 aliphatic carbocycles. The molecule has 0 saturated heterocycles. The lowest BCUT2D eigenvalue weighted by molar-refractivity contribution is 0.0923. The predicted molar refractivity (Wildman–Crippen MR) is 116 cm³/mol. The van der Waals surface area contributed by atoms with Crippen molar-refractivity contribution in [3.05, 3.63) is 81.5 Å². The number of thiophene rings is 1. The van der Waals surface area contributed by atoms with Gasteiger partial charge in [0, 0.05) is 17.0 Å². The van der Waals surface area contributed by atoms with Gasteiger partial charge in [0.15, 0.2) is 0 Å². The van der Waals surface area contributed by atoms with Crippen LogP contribution < -0.4 is 15.0 Å². The van der Waals surface area contributed by atoms with Gasteiger partial charge >= 0.3 is 0 Å². The molecule has 0 saturated carbocycles. The van der Waals surface area contributed by atoms with Crippen LogP contribution in [-0.2, 0) is 6.42 Å². The highest BCUT2D eigenvalue weighted by Gasteiger charge is 2.37. The second-order valence-corrected chi connectivity index (χ2v) is 7.75. The summed E-state index contributed by atoms with van der Waals surface area (Å²) in [5.41, 5.74) is 1.35. The van der Waals surface area contributed by atoms with E-state index in [2.05, 4.69) is 5.32 Å². The average Bonchev–Trinajstić information content (AvgIpc) is 3.36. The number of carbonyl (C=O) groups is 3. The number of fused-ring (bicyclic) bond motifs is 1. The van der Waals surface area contributed by atoms with Gasteiger partial charge < -0.3 is 10.1 Å². The Hall–Kier alpha value is -3.45. The number of benzene rings is 2. The van der Waals surface area contributed by atoms with Crippen molar-refractivity contribution in [2.75, 3.05) is 18.1 Å². The first-order valence-electron chi connectivity index (χ1n) is 9.64. The van der Waals surface area contributed by atoms with Crippen molar-refractivity contribution in [1.29, 1.82) is 0 Å². The van der Waals surface area contributed by atoms with Crippen LogP contribution in [0.25, 0.3) is 0 Å². The molecule has 2 heterocycles. The zero-order chi connectivity index (χ0) is 21.1. The molecular weight excluding hydrogens is 400 g/mol. The molecule has 0 fully saturated rings. The third-order valence-electron chi connectivity index (χ3n) is 4.79. The minimum absolute atomic E-state index is 0.236. The fourth-order valence-electron chi connectivity index (χ4n) is 3.33. The van der Waals surface area contributed by atoms with Gasteiger partial charge in [-0.25, -0.2) is 4.90 Å². The molecule has 1 N–H and O–H groups in total. The van der Waals surface area contributed by atoms with E-state index >= 15 is 0 Å². The van der Waals surface area contributed by atoms with E-state index in [1.807, 2.05) is 24.4 Å². The monoisotopic (exact) mass is 420 g/mol. The fourth-order valence-corrected chi connectivity index (χ4v) is 4.04. The number of rotatable bonds is 7. The number of ether oxygens (including phenoxy) is 1. The summed E-state index contributed by atoms with van der Waals surface area (Å²) in [7, 11) is 0. The Labute approximate surface area is 178 Å². The van der Waals surface area contributed by atoms with Crippen molar-refractivity contribution in [2.24, 2.45) is 0 Å². The summed E-state index contributed by atoms with van der Waals surface area (Å²) in [6.45, 7) is 2.92. The quantitative estimate of drug-likeness (QED) is 0.588. The lowest BCUT2D eigenvalue weighted by atomic mass is 10.1. The van der Waals surface area contributed by atoms with Crippen LogP contribution >= 0.6 is 11.3 Å². The second kappa shape index (κ2) is 8.51. The van der Waals surface area contributed by atoms with Gasteiger partial charge in [-0.2, -0.15) is 0 Å². The Balaban J connectivity index is 1.49. The lowest BCUT2D eigenvalue weighted by Gasteiger charge is -2.14. The maximum Gasteiger partial charge on any atom is 0.266 e. The van der Waals surface area contributed by atoms with E-state index in [4.69, 9.17) is 4.74 Å². The van der Waals surface area contributed by atoms with E-state index < -0.39 is 11.8 Å². The zero-order valence-electron chi connectivity index (χ0n) is 16.4. The number of hydrogen-bond donors (Lipinski definition) is 1. The highest BCUT2D eigenvalue weighted by atomic mass is 32.1. The van der Waals surface area contributed by atoms with Crippen LogP contribution in [0.3, 0.4) is 0 Å². The van der Waals surface area contributed by atoms with Crippen LogP contribution in [0.4, 0.5) is 5.69 Å². The Kier molecular flexibility index (Phi) is 5.63. The molecular formula is C23H20N2O4S. The first-order chi connectivity index (χ1) is 14.6. The van der Waals surface area contributed by atoms with Crippen molar-refractivity contribution in [3.8, 4) is 5.75 Å². The smallest absolute Gasteiger partial charge is 0.266 e. The van der Waals surface area contributed by atoms with Gasteiger partial charge in [0.25, 0.3) is 17.7 Å². The molecule has 1 aliphatic rings. The molecule has 3 aromatic rings. The summed E-state index contributed by atoms with van der Waals surface area (Å²) in [5, 5.41) is 4.86. The van der Waals surface area contributed by atoms with Crippen LogP contribution in [0, 0.1) is 0 Å². The summed E-state index contributed by atoms with van der Waals surface area (Å²) >= 11 is 1.64. The summed E-state index contributed by atoms with van der Waals surface area (Å²) in [6.07, 6.45) is 0.747. The highest BCUT2D eigenvalue weighted by molar-refractivity contribution is 7.09. The van der Waals surface area contributed by atoms with E-state index in [-0.39, 0.29) is 11.5 Å². The van der Waals surface area contributed by atoms with Crippen LogP contribution in [-0.4, -0.2) is 30.9 Å². The normalized spacial score (nSPS) is 12.8. The maximum atomic E-state index is 12.9. The van der Waals surface area contributed by atoms with Gasteiger partial charge in [0.2, 0.25) is 0 Å². The predicted octanol–water partition coefficient (Wildman–Crippen LogP) is 3.92. The molecule has 0 spiro atoms. The lowest BCUT2D eigenvalue weighted by Crippen LogP contribution is -2.29. The Morgan fingerprint density at radius 2 is 1.80 bits per heavy atom. The summed E-state index contributed by atoms with van der Waals surface area (Å²) in [4.78, 5) is 40.5. The molecule has 0 bridgehead atoms. The molecule has 152 valence electrons. The number of imide groups is 1. The molecule has 1 aromatic heterocycles. The summed E-state index contributed by atoms with van der Waals surface area (Å²) in [6, 6.07) is 15.4. The van der Waals surface area contributed by atoms with Gasteiger partial charge in [-0.1, -0.05) is 6.07 Å². The number of hydrogen-bond acceptors (Lipinski definition) is 5. The Morgan fingerprint density at radius 1 is 1.03 bits per heavy atom. The van der Waals surface area contributed by atoms with Gasteiger partial charge in [-0.05, 0) is 67.3 Å². The fraction of sp³-hybridized carbons (Fsp3) is 0.174. The first kappa shape index (κ1) is 19.8. The zero-order valence-corrected chi connectivity index (χ0v) is 17.2. The molecule has 4 rings (SSSR count). The van der Waals surface area contributed by atoms with Crippen molar-refractivity contribution < 1.29 is 19.1 Å². The van der Waals surface area contributed by atoms with Crippen LogP contribution in [0.5, 0.6) is 5.75 Å². The minimum Gasteiger partial charge on any atom is -0.494 e. The van der Waals surface area contributed by atoms with E-state index in [0.717, 1.165) is 11.3 Å². The average molecular weight is 420 g/mol. The SMILES string of the molecule is CCOc1ccc(N2C(=O)c3ccc(C(=O)NCCc4cccs4)cc3C2=O)cc1. The van der Waals surface area contributed by atoms with E-state index in [1.54, 1.807) is 41.7 Å². The summed E-state index contributed by atoms with van der Waals surface area (Å²) < 4.78 is 5.40. The van der Waals surface area contributed by atoms with E-state index in [1.165, 1.54) is 17.0 Å². The summed E-state index contributed by atoms with van der Waals surface area (Å²) in [5.74, 6) is -0.440. The van der Waals surface area contributed by atoms with Crippen LogP contribution in [0.1, 0.15) is 42.9 Å². The third-order valence-corrected chi connectivity index (χ3v) is 5.73. The molecule has 1 aliphatic heterocycles. The van der Waals surface area contributed by atoms with Gasteiger partial charge in [0.05, 0.1) is 23.4 Å². The number of nitrogens with one attached hydrogen (secondary N) is 1. The molecule has 7 heteroatoms. The van der Waals surface area contributed by atoms with Crippen LogP contribution in [0.15, 0.2) is 60.0 Å². The second-order valence-electron chi connectivity index (χ2n) is 6.72. The molecule has 0 atom stereocenters. The standard InChI is InChI=1S/C23H20N2O4S/c1-2-29-17-8-6-16(7-9-17)25-22(27)19-10-5-15(14-20(19)23(25)28)21(26)24-12-11-18-4-3-13-30-18/h3-10,13-14H,2,11-12H2,1H3,(H,24,26). The Morgan fingerprint density at radius 3 is 2.50 bits per heavy atom. The van der Waals surface area contributed by atoms with Crippen molar-refractivity contribution in [3.63, 3.8) is 0 Å². The molecule has 0 unspecified atom stereocenters. The molecule has 2 aromatic carbocycles. The van der Waals surface area contributed by atoms with Crippen molar-refractivity contribution in [2.45, 2.75) is 13.3 Å². The van der Waals surface area contributed by atoms with Crippen LogP contribution in [0.2, 0.25) is 0 Å². The van der Waals surface area contributed by atoms with Gasteiger partial charge in [-0.15, -0.1) is 11.3 Å². The number of carbonyl (C=O) groups excluding carboxylic acids is 3. The first-order valence-corrected chi connectivity index (χ1v) is 10.5. The third kappa shape index (κ3) is 3.84. The number of amides is 3. The topological polar surface area (TPSA) is 75.7 Å². The molecule has 3 amide bonds. The highest BCUT2D eigenvalue weighted by Crippen LogP contribution is 2.30. The maximum absolute atomic E-state index is 12.9. The number of anilines is 1. The Bertz CT molecular complexity index is 1090. The van der Waals surface area contributed by atoms with E-state index in [9.17, 15) is 14.4 Å². The minimum atomic E-state index is -0.438. The molecule has 30 heavy (non-hydrogen) atoms. The molecule has 0 radical (unpaired) electrons. The largest absolute Gasteiger partial charge is 0.494 e. The van der Waals surface area contributed by atoms with Gasteiger partial charge in [-0.3, -0.25) is 14.4 Å². The molecule has 6 nitrogen and oxygen atoms in total. The number of nitrogens with zero attached hydrogens (tertiary/aromatic N) is 1. The van der Waals surface area contributed by atoms with Crippen molar-refractivity contribution in [1.82, 2.24) is 5.32 Å². The van der Waals surface area contributed by atoms with E-state index in [0.29, 0.717) is 35.7 Å².